The van der Waals surface area contributed by atoms with E-state index in [9.17, 15) is 0 Å². The van der Waals surface area contributed by atoms with Crippen LogP contribution in [-0.2, 0) is 5.41 Å². The molecule has 0 aliphatic carbocycles. The monoisotopic (exact) mass is 321 g/mol. The van der Waals surface area contributed by atoms with E-state index in [0.717, 1.165) is 22.9 Å². The maximum Gasteiger partial charge on any atom is 0.123 e. The van der Waals surface area contributed by atoms with Gasteiger partial charge in [-0.15, -0.1) is 11.3 Å². The lowest BCUT2D eigenvalue weighted by atomic mass is 9.85. The molecule has 21 heavy (non-hydrogen) atoms. The molecule has 2 aromatic rings. The van der Waals surface area contributed by atoms with Gasteiger partial charge in [0.1, 0.15) is 5.75 Å². The Hall–Kier alpha value is -1.03. The maximum atomic E-state index is 6.45. The summed E-state index contributed by atoms with van der Waals surface area (Å²) in [6.07, 6.45) is 0. The molecule has 0 amide bonds. The van der Waals surface area contributed by atoms with E-state index < -0.39 is 0 Å². The number of halogens is 1. The molecule has 1 aromatic carbocycles. The molecule has 0 saturated carbocycles. The van der Waals surface area contributed by atoms with Gasteiger partial charge in [-0.25, -0.2) is 0 Å². The second kappa shape index (κ2) is 5.31. The summed E-state index contributed by atoms with van der Waals surface area (Å²) in [6, 6.07) is 6.60. The molecule has 0 radical (unpaired) electrons. The highest BCUT2D eigenvalue weighted by atomic mass is 35.5. The molecule has 0 spiro atoms. The molecule has 2 heterocycles. The van der Waals surface area contributed by atoms with Crippen molar-refractivity contribution in [1.82, 2.24) is 5.32 Å². The van der Waals surface area contributed by atoms with Gasteiger partial charge in [0.15, 0.2) is 0 Å². The molecule has 112 valence electrons. The lowest BCUT2D eigenvalue weighted by molar-refractivity contribution is 0.291. The molecule has 1 unspecified atom stereocenters. The summed E-state index contributed by atoms with van der Waals surface area (Å²) < 4.78 is 5.77. The van der Waals surface area contributed by atoms with Crippen molar-refractivity contribution in [2.75, 3.05) is 13.7 Å². The third-order valence-corrected chi connectivity index (χ3v) is 5.91. The van der Waals surface area contributed by atoms with E-state index in [-0.39, 0.29) is 11.5 Å². The molecule has 2 nitrogen and oxygen atoms in total. The van der Waals surface area contributed by atoms with Gasteiger partial charge in [0.2, 0.25) is 0 Å². The quantitative estimate of drug-likeness (QED) is 0.885. The summed E-state index contributed by atoms with van der Waals surface area (Å²) in [5, 5.41) is 6.38. The molecule has 4 heteroatoms. The first-order valence-corrected chi connectivity index (χ1v) is 8.38. The van der Waals surface area contributed by atoms with Crippen LogP contribution in [0, 0.1) is 6.92 Å². The minimum absolute atomic E-state index is 0.0682. The van der Waals surface area contributed by atoms with E-state index in [1.165, 1.54) is 16.0 Å². The minimum Gasteiger partial charge on any atom is -0.492 e. The van der Waals surface area contributed by atoms with Crippen molar-refractivity contribution in [1.29, 1.82) is 0 Å². The smallest absolute Gasteiger partial charge is 0.123 e. The summed E-state index contributed by atoms with van der Waals surface area (Å²) in [6.45, 7) is 7.24. The first-order chi connectivity index (χ1) is 9.94. The van der Waals surface area contributed by atoms with Gasteiger partial charge in [0.25, 0.3) is 0 Å². The number of nitrogens with one attached hydrogen (secondary N) is 1. The fourth-order valence-electron chi connectivity index (χ4n) is 2.81. The van der Waals surface area contributed by atoms with Crippen LogP contribution in [0.3, 0.4) is 0 Å². The largest absolute Gasteiger partial charge is 0.492 e. The van der Waals surface area contributed by atoms with Crippen molar-refractivity contribution < 1.29 is 4.74 Å². The Morgan fingerprint density at radius 2 is 2.14 bits per heavy atom. The molecule has 1 aromatic heterocycles. The fourth-order valence-corrected chi connectivity index (χ4v) is 4.25. The Morgan fingerprint density at radius 1 is 1.38 bits per heavy atom. The van der Waals surface area contributed by atoms with Gasteiger partial charge in [-0.3, -0.25) is 0 Å². The van der Waals surface area contributed by atoms with Gasteiger partial charge in [0.05, 0.1) is 17.7 Å². The van der Waals surface area contributed by atoms with Gasteiger partial charge in [-0.1, -0.05) is 31.5 Å². The van der Waals surface area contributed by atoms with Gasteiger partial charge >= 0.3 is 0 Å². The number of aryl methyl sites for hydroxylation is 1. The molecule has 1 atom stereocenters. The van der Waals surface area contributed by atoms with Gasteiger partial charge in [-0.05, 0) is 42.6 Å². The molecule has 1 N–H and O–H groups in total. The van der Waals surface area contributed by atoms with Crippen molar-refractivity contribution in [3.63, 3.8) is 0 Å². The van der Waals surface area contributed by atoms with Crippen LogP contribution in [0.25, 0.3) is 0 Å². The highest BCUT2D eigenvalue weighted by molar-refractivity contribution is 7.10. The summed E-state index contributed by atoms with van der Waals surface area (Å²) in [7, 11) is 1.98. The van der Waals surface area contributed by atoms with E-state index in [4.69, 9.17) is 16.3 Å². The number of thiophene rings is 1. The number of hydrogen-bond donors (Lipinski definition) is 1. The van der Waals surface area contributed by atoms with Gasteiger partial charge < -0.3 is 10.1 Å². The molecule has 3 rings (SSSR count). The Kier molecular flexibility index (Phi) is 3.76. The zero-order valence-electron chi connectivity index (χ0n) is 12.8. The predicted molar refractivity (Wildman–Crippen MR) is 89.9 cm³/mol. The van der Waals surface area contributed by atoms with E-state index in [1.54, 1.807) is 11.3 Å². The zero-order chi connectivity index (χ0) is 15.2. The van der Waals surface area contributed by atoms with Crippen LogP contribution in [0.5, 0.6) is 5.75 Å². The second-order valence-corrected chi connectivity index (χ2v) is 7.54. The van der Waals surface area contributed by atoms with Crippen molar-refractivity contribution in [3.05, 3.63) is 50.2 Å². The molecule has 0 saturated heterocycles. The Morgan fingerprint density at radius 3 is 2.76 bits per heavy atom. The van der Waals surface area contributed by atoms with Crippen LogP contribution < -0.4 is 10.1 Å². The Labute approximate surface area is 135 Å². The van der Waals surface area contributed by atoms with E-state index in [0.29, 0.717) is 0 Å². The summed E-state index contributed by atoms with van der Waals surface area (Å²) >= 11 is 8.16. The average Bonchev–Trinajstić information content (AvgIpc) is 2.94. The topological polar surface area (TPSA) is 21.3 Å². The highest BCUT2D eigenvalue weighted by Crippen LogP contribution is 2.42. The molecule has 0 bridgehead atoms. The van der Waals surface area contributed by atoms with Gasteiger partial charge in [0, 0.05) is 15.9 Å². The average molecular weight is 322 g/mol. The standard InChI is InChI=1S/C17H20ClNOS/c1-10-8-21-16(14(10)18)15(19-4)11-5-6-13-12(7-11)17(2,3)9-20-13/h5-8,15,19H,9H2,1-4H3. The lowest BCUT2D eigenvalue weighted by Gasteiger charge is -2.20. The SMILES string of the molecule is CNC(c1ccc2c(c1)C(C)(C)CO2)c1scc(C)c1Cl. The number of hydrogen-bond acceptors (Lipinski definition) is 3. The van der Waals surface area contributed by atoms with E-state index in [1.807, 2.05) is 7.05 Å². The number of ether oxygens (including phenoxy) is 1. The maximum absolute atomic E-state index is 6.45. The van der Waals surface area contributed by atoms with Crippen molar-refractivity contribution >= 4 is 22.9 Å². The van der Waals surface area contributed by atoms with Crippen LogP contribution in [-0.4, -0.2) is 13.7 Å². The molecule has 1 aliphatic heterocycles. The predicted octanol–water partition coefficient (Wildman–Crippen LogP) is 4.69. The molecule has 1 aliphatic rings. The Bertz CT molecular complexity index is 677. The van der Waals surface area contributed by atoms with Crippen LogP contribution in [0.1, 0.15) is 41.5 Å². The van der Waals surface area contributed by atoms with Crippen LogP contribution in [0.15, 0.2) is 23.6 Å². The summed E-state index contributed by atoms with van der Waals surface area (Å²) in [5.74, 6) is 1.01. The molecular formula is C17H20ClNOS. The third-order valence-electron chi connectivity index (χ3n) is 4.13. The van der Waals surface area contributed by atoms with Gasteiger partial charge in [-0.2, -0.15) is 0 Å². The fraction of sp³-hybridized carbons (Fsp3) is 0.412. The van der Waals surface area contributed by atoms with Crippen molar-refractivity contribution in [2.45, 2.75) is 32.2 Å². The highest BCUT2D eigenvalue weighted by Gasteiger charge is 2.32. The molecule has 0 fully saturated rings. The second-order valence-electron chi connectivity index (χ2n) is 6.25. The van der Waals surface area contributed by atoms with E-state index >= 15 is 0 Å². The van der Waals surface area contributed by atoms with Crippen LogP contribution >= 0.6 is 22.9 Å². The van der Waals surface area contributed by atoms with E-state index in [2.05, 4.69) is 49.7 Å². The lowest BCUT2D eigenvalue weighted by Crippen LogP contribution is -2.20. The Balaban J connectivity index is 2.05. The number of fused-ring (bicyclic) bond motifs is 1. The van der Waals surface area contributed by atoms with Crippen LogP contribution in [0.4, 0.5) is 0 Å². The minimum atomic E-state index is 0.0682. The first kappa shape index (κ1) is 14.9. The normalized spacial score (nSPS) is 17.4. The van der Waals surface area contributed by atoms with Crippen molar-refractivity contribution in [2.24, 2.45) is 0 Å². The van der Waals surface area contributed by atoms with Crippen LogP contribution in [0.2, 0.25) is 5.02 Å². The summed E-state index contributed by atoms with van der Waals surface area (Å²) in [4.78, 5) is 1.17. The number of rotatable bonds is 3. The number of benzene rings is 1. The first-order valence-electron chi connectivity index (χ1n) is 7.12. The van der Waals surface area contributed by atoms with Crippen molar-refractivity contribution in [3.8, 4) is 5.75 Å². The zero-order valence-corrected chi connectivity index (χ0v) is 14.4. The summed E-state index contributed by atoms with van der Waals surface area (Å²) in [5.41, 5.74) is 3.73. The third kappa shape index (κ3) is 2.48. The molecular weight excluding hydrogens is 302 g/mol.